The van der Waals surface area contributed by atoms with Crippen LogP contribution < -0.4 is 0 Å². The summed E-state index contributed by atoms with van der Waals surface area (Å²) in [7, 11) is -1.84. The molecule has 0 saturated carbocycles. The average molecular weight is 232 g/mol. The van der Waals surface area contributed by atoms with E-state index in [1.807, 2.05) is 6.92 Å². The Labute approximate surface area is 94.0 Å². The summed E-state index contributed by atoms with van der Waals surface area (Å²) < 4.78 is 5.98. The molecule has 0 spiro atoms. The van der Waals surface area contributed by atoms with Gasteiger partial charge in [0.25, 0.3) is 0 Å². The Hall–Kier alpha value is -0.353. The van der Waals surface area contributed by atoms with E-state index >= 15 is 0 Å². The van der Waals surface area contributed by atoms with Gasteiger partial charge in [-0.15, -0.1) is 0 Å². The lowest BCUT2D eigenvalue weighted by Crippen LogP contribution is -2.45. The first-order valence-corrected chi connectivity index (χ1v) is 8.30. The van der Waals surface area contributed by atoms with Crippen molar-refractivity contribution in [2.24, 2.45) is 5.92 Å². The molecule has 0 fully saturated rings. The third-order valence-electron chi connectivity index (χ3n) is 3.38. The molecular weight excluding hydrogens is 208 g/mol. The van der Waals surface area contributed by atoms with Gasteiger partial charge in [0.05, 0.1) is 12.0 Å². The third-order valence-corrected chi connectivity index (χ3v) is 7.95. The maximum absolute atomic E-state index is 10.8. The zero-order valence-electron chi connectivity index (χ0n) is 10.9. The smallest absolute Gasteiger partial charge is 0.308 e. The lowest BCUT2D eigenvalue weighted by atomic mass is 10.1. The van der Waals surface area contributed by atoms with Crippen LogP contribution in [0.4, 0.5) is 0 Å². The molecule has 3 nitrogen and oxygen atoms in total. The lowest BCUT2D eigenvalue weighted by molar-refractivity contribution is -0.144. The van der Waals surface area contributed by atoms with Crippen LogP contribution in [0.1, 0.15) is 34.6 Å². The highest BCUT2D eigenvalue weighted by Gasteiger charge is 2.39. The first-order valence-electron chi connectivity index (χ1n) is 5.39. The number of hydrogen-bond donors (Lipinski definition) is 1. The summed E-state index contributed by atoms with van der Waals surface area (Å²) in [5.74, 6) is -1.24. The molecule has 0 saturated heterocycles. The van der Waals surface area contributed by atoms with Crippen molar-refractivity contribution in [2.75, 3.05) is 0 Å². The van der Waals surface area contributed by atoms with E-state index in [0.717, 1.165) is 0 Å². The summed E-state index contributed by atoms with van der Waals surface area (Å²) in [5.41, 5.74) is 0. The van der Waals surface area contributed by atoms with Crippen molar-refractivity contribution >= 4 is 14.3 Å². The van der Waals surface area contributed by atoms with Gasteiger partial charge in [0, 0.05) is 0 Å². The maximum Gasteiger partial charge on any atom is 0.308 e. The van der Waals surface area contributed by atoms with Crippen LogP contribution in [0, 0.1) is 5.92 Å². The summed E-state index contributed by atoms with van der Waals surface area (Å²) in [6.45, 7) is 14.3. The van der Waals surface area contributed by atoms with Gasteiger partial charge in [-0.2, -0.15) is 0 Å². The Morgan fingerprint density at radius 2 is 1.67 bits per heavy atom. The first kappa shape index (κ1) is 14.6. The zero-order valence-corrected chi connectivity index (χ0v) is 11.9. The van der Waals surface area contributed by atoms with Gasteiger partial charge < -0.3 is 9.53 Å². The molecule has 1 N–H and O–H groups in total. The second kappa shape index (κ2) is 4.66. The standard InChI is InChI=1S/C11H24O3Si/c1-8(10(12)13)9(2)14-15(6,7)11(3,4)5/h8-9H,1-7H3,(H,12,13)/t8-,9-/m0/s1. The number of rotatable bonds is 4. The number of carboxylic acid groups (broad SMARTS) is 1. The molecule has 0 amide bonds. The number of hydrogen-bond acceptors (Lipinski definition) is 2. The van der Waals surface area contributed by atoms with E-state index in [1.54, 1.807) is 6.92 Å². The fourth-order valence-corrected chi connectivity index (χ4v) is 2.43. The Balaban J connectivity index is 4.54. The van der Waals surface area contributed by atoms with E-state index < -0.39 is 20.2 Å². The molecule has 2 atom stereocenters. The summed E-state index contributed by atoms with van der Waals surface area (Å²) in [4.78, 5) is 10.8. The lowest BCUT2D eigenvalue weighted by Gasteiger charge is -2.39. The molecule has 0 aromatic carbocycles. The first-order chi connectivity index (χ1) is 6.49. The second-order valence-electron chi connectivity index (χ2n) is 5.71. The Bertz CT molecular complexity index is 230. The minimum Gasteiger partial charge on any atom is -0.481 e. The van der Waals surface area contributed by atoms with Crippen molar-refractivity contribution < 1.29 is 14.3 Å². The van der Waals surface area contributed by atoms with Crippen LogP contribution in [0.15, 0.2) is 0 Å². The molecule has 0 aliphatic carbocycles. The van der Waals surface area contributed by atoms with Gasteiger partial charge in [-0.25, -0.2) is 0 Å². The van der Waals surface area contributed by atoms with E-state index in [2.05, 4.69) is 33.9 Å². The van der Waals surface area contributed by atoms with Gasteiger partial charge >= 0.3 is 5.97 Å². The van der Waals surface area contributed by atoms with Gasteiger partial charge in [-0.3, -0.25) is 4.79 Å². The van der Waals surface area contributed by atoms with Gasteiger partial charge in [0.2, 0.25) is 0 Å². The van der Waals surface area contributed by atoms with Crippen molar-refractivity contribution in [1.82, 2.24) is 0 Å². The quantitative estimate of drug-likeness (QED) is 0.758. The normalized spacial score (nSPS) is 17.3. The molecule has 0 bridgehead atoms. The third kappa shape index (κ3) is 3.95. The topological polar surface area (TPSA) is 46.5 Å². The van der Waals surface area contributed by atoms with Crippen LogP contribution in [-0.4, -0.2) is 25.5 Å². The summed E-state index contributed by atoms with van der Waals surface area (Å²) in [6, 6.07) is 0. The molecule has 0 aromatic rings. The van der Waals surface area contributed by atoms with Crippen LogP contribution in [0.5, 0.6) is 0 Å². The minimum absolute atomic E-state index is 0.124. The maximum atomic E-state index is 10.8. The van der Waals surface area contributed by atoms with Crippen molar-refractivity contribution in [3.8, 4) is 0 Å². The molecule has 15 heavy (non-hydrogen) atoms. The van der Waals surface area contributed by atoms with Crippen molar-refractivity contribution in [2.45, 2.75) is 58.9 Å². The zero-order chi connectivity index (χ0) is 12.4. The molecule has 0 radical (unpaired) electrons. The number of carbonyl (C=O) groups is 1. The predicted molar refractivity (Wildman–Crippen MR) is 64.5 cm³/mol. The summed E-state index contributed by atoms with van der Waals surface area (Å²) in [6.07, 6.45) is -0.219. The molecule has 0 heterocycles. The van der Waals surface area contributed by atoms with Crippen LogP contribution in [-0.2, 0) is 9.22 Å². The molecule has 0 rings (SSSR count). The highest BCUT2D eigenvalue weighted by molar-refractivity contribution is 6.74. The van der Waals surface area contributed by atoms with E-state index in [4.69, 9.17) is 9.53 Å². The average Bonchev–Trinajstić information content (AvgIpc) is 1.99. The highest BCUT2D eigenvalue weighted by Crippen LogP contribution is 2.37. The molecule has 0 aromatic heterocycles. The highest BCUT2D eigenvalue weighted by atomic mass is 28.4. The Morgan fingerprint density at radius 3 is 1.93 bits per heavy atom. The predicted octanol–water partition coefficient (Wildman–Crippen LogP) is 3.12. The van der Waals surface area contributed by atoms with Crippen molar-refractivity contribution in [1.29, 1.82) is 0 Å². The van der Waals surface area contributed by atoms with Crippen LogP contribution >= 0.6 is 0 Å². The minimum atomic E-state index is -1.84. The van der Waals surface area contributed by atoms with E-state index in [9.17, 15) is 4.79 Å². The van der Waals surface area contributed by atoms with Crippen LogP contribution in [0.25, 0.3) is 0 Å². The summed E-state index contributed by atoms with van der Waals surface area (Å²) >= 11 is 0. The SMILES string of the molecule is C[C@H](O[Si](C)(C)C(C)(C)C)[C@H](C)C(=O)O. The fourth-order valence-electron chi connectivity index (χ4n) is 0.944. The summed E-state index contributed by atoms with van der Waals surface area (Å²) in [5, 5.41) is 9.01. The number of carboxylic acids is 1. The second-order valence-corrected chi connectivity index (χ2v) is 10.5. The van der Waals surface area contributed by atoms with Crippen LogP contribution in [0.2, 0.25) is 18.1 Å². The van der Waals surface area contributed by atoms with Crippen LogP contribution in [0.3, 0.4) is 0 Å². The molecule has 0 aliphatic rings. The molecule has 0 aliphatic heterocycles. The molecule has 0 unspecified atom stereocenters. The molecule has 90 valence electrons. The Kier molecular flexibility index (Phi) is 4.55. The van der Waals surface area contributed by atoms with Gasteiger partial charge in [0.15, 0.2) is 8.32 Å². The van der Waals surface area contributed by atoms with Crippen molar-refractivity contribution in [3.63, 3.8) is 0 Å². The van der Waals surface area contributed by atoms with E-state index in [1.165, 1.54) is 0 Å². The van der Waals surface area contributed by atoms with Gasteiger partial charge in [0.1, 0.15) is 0 Å². The fraction of sp³-hybridized carbons (Fsp3) is 0.909. The van der Waals surface area contributed by atoms with Gasteiger partial charge in [-0.1, -0.05) is 20.8 Å². The monoisotopic (exact) mass is 232 g/mol. The molecular formula is C11H24O3Si. The largest absolute Gasteiger partial charge is 0.481 e. The number of aliphatic carboxylic acids is 1. The van der Waals surface area contributed by atoms with E-state index in [0.29, 0.717) is 0 Å². The Morgan fingerprint density at radius 1 is 1.27 bits per heavy atom. The van der Waals surface area contributed by atoms with E-state index in [-0.39, 0.29) is 11.1 Å². The van der Waals surface area contributed by atoms with Crippen molar-refractivity contribution in [3.05, 3.63) is 0 Å². The molecule has 4 heteroatoms. The van der Waals surface area contributed by atoms with Gasteiger partial charge in [-0.05, 0) is 32.0 Å².